The maximum Gasteiger partial charge on any atom is 0.243 e. The van der Waals surface area contributed by atoms with Gasteiger partial charge in [-0.1, -0.05) is 41.9 Å². The molecule has 148 valence electrons. The lowest BCUT2D eigenvalue weighted by Gasteiger charge is -2.22. The minimum atomic E-state index is -1.00. The summed E-state index contributed by atoms with van der Waals surface area (Å²) >= 11 is 6.11. The fourth-order valence-electron chi connectivity index (χ4n) is 2.69. The number of nitrogens with one attached hydrogen (secondary N) is 2. The van der Waals surface area contributed by atoms with Crippen molar-refractivity contribution in [2.45, 2.75) is 31.8 Å². The summed E-state index contributed by atoms with van der Waals surface area (Å²) in [6, 6.07) is 10.5. The topological polar surface area (TPSA) is 101 Å². The highest BCUT2D eigenvalue weighted by atomic mass is 35.5. The lowest BCUT2D eigenvalue weighted by molar-refractivity contribution is -0.130. The highest BCUT2D eigenvalue weighted by molar-refractivity contribution is 6.31. The average Bonchev–Trinajstić information content (AvgIpc) is 2.63. The van der Waals surface area contributed by atoms with E-state index in [1.807, 2.05) is 0 Å². The van der Waals surface area contributed by atoms with Gasteiger partial charge in [0.2, 0.25) is 17.7 Å². The number of amides is 3. The number of benzene rings is 2. The van der Waals surface area contributed by atoms with Crippen molar-refractivity contribution in [2.75, 3.05) is 0 Å². The number of halogens is 2. The van der Waals surface area contributed by atoms with Gasteiger partial charge in [0, 0.05) is 24.8 Å². The Bertz CT molecular complexity index is 858. The second kappa shape index (κ2) is 9.85. The van der Waals surface area contributed by atoms with Crippen molar-refractivity contribution in [3.05, 3.63) is 70.5 Å². The number of rotatable bonds is 8. The molecule has 0 spiro atoms. The highest BCUT2D eigenvalue weighted by Gasteiger charge is 2.26. The highest BCUT2D eigenvalue weighted by Crippen LogP contribution is 2.17. The zero-order valence-corrected chi connectivity index (χ0v) is 16.0. The molecule has 0 aromatic heterocycles. The predicted octanol–water partition coefficient (Wildman–Crippen LogP) is 1.74. The lowest BCUT2D eigenvalue weighted by atomic mass is 10.0. The molecular weight excluding hydrogens is 385 g/mol. The minimum Gasteiger partial charge on any atom is -0.368 e. The van der Waals surface area contributed by atoms with Gasteiger partial charge in [0.1, 0.15) is 17.9 Å². The van der Waals surface area contributed by atoms with Crippen LogP contribution in [0, 0.1) is 5.82 Å². The van der Waals surface area contributed by atoms with Gasteiger partial charge < -0.3 is 16.4 Å². The van der Waals surface area contributed by atoms with Crippen molar-refractivity contribution in [1.82, 2.24) is 10.6 Å². The summed E-state index contributed by atoms with van der Waals surface area (Å²) in [5.74, 6) is -2.12. The molecule has 3 amide bonds. The molecule has 0 bridgehead atoms. The van der Waals surface area contributed by atoms with E-state index in [4.69, 9.17) is 17.3 Å². The van der Waals surface area contributed by atoms with E-state index in [-0.39, 0.29) is 12.8 Å². The Morgan fingerprint density at radius 3 is 2.21 bits per heavy atom. The lowest BCUT2D eigenvalue weighted by Crippen LogP contribution is -2.54. The van der Waals surface area contributed by atoms with Gasteiger partial charge in [0.25, 0.3) is 0 Å². The first kappa shape index (κ1) is 21.4. The van der Waals surface area contributed by atoms with Crippen molar-refractivity contribution in [2.24, 2.45) is 5.73 Å². The van der Waals surface area contributed by atoms with Crippen LogP contribution in [0.5, 0.6) is 0 Å². The summed E-state index contributed by atoms with van der Waals surface area (Å²) in [5.41, 5.74) is 6.73. The third-order valence-electron chi connectivity index (χ3n) is 4.09. The number of hydrogen-bond donors (Lipinski definition) is 3. The molecule has 4 N–H and O–H groups in total. The number of carbonyl (C=O) groups excluding carboxylic acids is 3. The zero-order chi connectivity index (χ0) is 20.7. The van der Waals surface area contributed by atoms with Gasteiger partial charge in [0.05, 0.1) is 0 Å². The van der Waals surface area contributed by atoms with Gasteiger partial charge >= 0.3 is 0 Å². The molecule has 28 heavy (non-hydrogen) atoms. The molecule has 0 aliphatic rings. The first-order valence-corrected chi connectivity index (χ1v) is 8.98. The van der Waals surface area contributed by atoms with Crippen molar-refractivity contribution in [3.63, 3.8) is 0 Å². The van der Waals surface area contributed by atoms with Crippen LogP contribution >= 0.6 is 11.6 Å². The molecule has 2 aromatic carbocycles. The van der Waals surface area contributed by atoms with Crippen molar-refractivity contribution in [1.29, 1.82) is 0 Å². The van der Waals surface area contributed by atoms with Crippen LogP contribution in [0.4, 0.5) is 4.39 Å². The van der Waals surface area contributed by atoms with E-state index in [1.54, 1.807) is 24.3 Å². The Hall–Kier alpha value is -2.93. The molecule has 0 fully saturated rings. The molecule has 2 rings (SSSR count). The van der Waals surface area contributed by atoms with Gasteiger partial charge in [-0.2, -0.15) is 0 Å². The van der Waals surface area contributed by atoms with Gasteiger partial charge in [-0.15, -0.1) is 0 Å². The SMILES string of the molecule is CC(=O)N[C@@H](Cc1ccc(F)cc1)C(=O)N[C@H](Cc1ccccc1Cl)C(N)=O. The fraction of sp³-hybridized carbons (Fsp3) is 0.250. The quantitative estimate of drug-likeness (QED) is 0.623. The smallest absolute Gasteiger partial charge is 0.243 e. The maximum absolute atomic E-state index is 13.1. The standard InChI is InChI=1S/C20H21ClFN3O3/c1-12(26)24-18(10-13-6-8-15(22)9-7-13)20(28)25-17(19(23)27)11-14-4-2-3-5-16(14)21/h2-9,17-18H,10-11H2,1H3,(H2,23,27)(H,24,26)(H,25,28)/t17-,18+/m1/s1. The predicted molar refractivity (Wildman–Crippen MR) is 104 cm³/mol. The summed E-state index contributed by atoms with van der Waals surface area (Å²) < 4.78 is 13.1. The van der Waals surface area contributed by atoms with Crippen LogP contribution in [0.2, 0.25) is 5.02 Å². The fourth-order valence-corrected chi connectivity index (χ4v) is 2.90. The molecule has 0 heterocycles. The Balaban J connectivity index is 2.14. The Kier molecular flexibility index (Phi) is 7.52. The molecule has 2 aromatic rings. The molecule has 0 radical (unpaired) electrons. The van der Waals surface area contributed by atoms with Gasteiger partial charge in [-0.25, -0.2) is 4.39 Å². The van der Waals surface area contributed by atoms with Crippen LogP contribution in [-0.2, 0) is 27.2 Å². The van der Waals surface area contributed by atoms with Crippen LogP contribution in [0.15, 0.2) is 48.5 Å². The third-order valence-corrected chi connectivity index (χ3v) is 4.46. The van der Waals surface area contributed by atoms with E-state index >= 15 is 0 Å². The Morgan fingerprint density at radius 2 is 1.64 bits per heavy atom. The number of carbonyl (C=O) groups is 3. The van der Waals surface area contributed by atoms with Crippen molar-refractivity contribution >= 4 is 29.3 Å². The second-order valence-electron chi connectivity index (χ2n) is 6.34. The second-order valence-corrected chi connectivity index (χ2v) is 6.75. The Labute approximate surface area is 167 Å². The van der Waals surface area contributed by atoms with Crippen LogP contribution in [0.25, 0.3) is 0 Å². The van der Waals surface area contributed by atoms with E-state index in [9.17, 15) is 18.8 Å². The maximum atomic E-state index is 13.1. The van der Waals surface area contributed by atoms with Crippen molar-refractivity contribution < 1.29 is 18.8 Å². The van der Waals surface area contributed by atoms with Gasteiger partial charge in [-0.05, 0) is 29.3 Å². The first-order chi connectivity index (χ1) is 13.3. The van der Waals surface area contributed by atoms with E-state index in [1.165, 1.54) is 31.2 Å². The van der Waals surface area contributed by atoms with Crippen LogP contribution in [0.1, 0.15) is 18.1 Å². The van der Waals surface area contributed by atoms with E-state index < -0.39 is 35.6 Å². The van der Waals surface area contributed by atoms with Gasteiger partial charge in [0.15, 0.2) is 0 Å². The van der Waals surface area contributed by atoms with Crippen LogP contribution in [-0.4, -0.2) is 29.8 Å². The van der Waals surface area contributed by atoms with Gasteiger partial charge in [-0.3, -0.25) is 14.4 Å². The van der Waals surface area contributed by atoms with E-state index in [0.29, 0.717) is 16.1 Å². The monoisotopic (exact) mass is 405 g/mol. The third kappa shape index (κ3) is 6.35. The largest absolute Gasteiger partial charge is 0.368 e. The average molecular weight is 406 g/mol. The summed E-state index contributed by atoms with van der Waals surface area (Å²) in [6.07, 6.45) is 0.243. The normalized spacial score (nSPS) is 12.7. The molecule has 8 heteroatoms. The van der Waals surface area contributed by atoms with Crippen LogP contribution in [0.3, 0.4) is 0 Å². The molecule has 0 unspecified atom stereocenters. The van der Waals surface area contributed by atoms with Crippen molar-refractivity contribution in [3.8, 4) is 0 Å². The summed E-state index contributed by atoms with van der Waals surface area (Å²) in [5, 5.41) is 5.56. The minimum absolute atomic E-state index is 0.115. The summed E-state index contributed by atoms with van der Waals surface area (Å²) in [4.78, 5) is 36.0. The molecular formula is C20H21ClFN3O3. The van der Waals surface area contributed by atoms with E-state index in [2.05, 4.69) is 10.6 Å². The molecule has 6 nitrogen and oxygen atoms in total. The van der Waals surface area contributed by atoms with Crippen LogP contribution < -0.4 is 16.4 Å². The number of primary amides is 1. The Morgan fingerprint density at radius 1 is 1.00 bits per heavy atom. The summed E-state index contributed by atoms with van der Waals surface area (Å²) in [6.45, 7) is 1.28. The number of hydrogen-bond acceptors (Lipinski definition) is 3. The molecule has 2 atom stereocenters. The molecule has 0 aliphatic heterocycles. The number of nitrogens with two attached hydrogens (primary N) is 1. The first-order valence-electron chi connectivity index (χ1n) is 8.61. The molecule has 0 saturated carbocycles. The molecule has 0 saturated heterocycles. The van der Waals surface area contributed by atoms with E-state index in [0.717, 1.165) is 0 Å². The summed E-state index contributed by atoms with van der Waals surface area (Å²) in [7, 11) is 0. The molecule has 0 aliphatic carbocycles. The zero-order valence-electron chi connectivity index (χ0n) is 15.2.